The fraction of sp³-hybridized carbons (Fsp3) is 0.0270. The van der Waals surface area contributed by atoms with Crippen LogP contribution >= 0.6 is 14.5 Å². The summed E-state index contributed by atoms with van der Waals surface area (Å²) in [7, 11) is -5.76. The molecule has 0 saturated carbocycles. The molecule has 0 bridgehead atoms. The fourth-order valence-corrected chi connectivity index (χ4v) is 17.5. The van der Waals surface area contributed by atoms with Gasteiger partial charge in [0.25, 0.3) is 0 Å². The lowest BCUT2D eigenvalue weighted by Gasteiger charge is -2.37. The molecule has 194 valence electrons. The molecular formula is C37H31FP2+2. The van der Waals surface area contributed by atoms with E-state index in [4.69, 9.17) is 0 Å². The highest BCUT2D eigenvalue weighted by Crippen LogP contribution is 2.77. The summed E-state index contributed by atoms with van der Waals surface area (Å²) in [6.45, 7) is 0. The number of rotatable bonds is 8. The van der Waals surface area contributed by atoms with Crippen molar-refractivity contribution in [3.8, 4) is 0 Å². The number of hydrogen-bond acceptors (Lipinski definition) is 0. The highest BCUT2D eigenvalue weighted by molar-refractivity contribution is 8.10. The third-order valence-corrected chi connectivity index (χ3v) is 17.7. The van der Waals surface area contributed by atoms with Crippen LogP contribution in [-0.4, -0.2) is 5.65 Å². The molecule has 0 radical (unpaired) electrons. The molecular weight excluding hydrogens is 525 g/mol. The van der Waals surface area contributed by atoms with Gasteiger partial charge in [-0.1, -0.05) is 109 Å². The van der Waals surface area contributed by atoms with Gasteiger partial charge < -0.3 is 0 Å². The summed E-state index contributed by atoms with van der Waals surface area (Å²) in [4.78, 5) is 0. The van der Waals surface area contributed by atoms with Crippen LogP contribution in [0.4, 0.5) is 4.39 Å². The van der Waals surface area contributed by atoms with Gasteiger partial charge in [-0.2, -0.15) is 4.39 Å². The Labute approximate surface area is 237 Å². The van der Waals surface area contributed by atoms with Gasteiger partial charge in [-0.05, 0) is 72.8 Å². The van der Waals surface area contributed by atoms with Crippen LogP contribution in [0.5, 0.6) is 0 Å². The van der Waals surface area contributed by atoms with Gasteiger partial charge in [-0.3, -0.25) is 0 Å². The van der Waals surface area contributed by atoms with E-state index in [1.54, 1.807) is 0 Å². The largest absolute Gasteiger partial charge is 0.331 e. The van der Waals surface area contributed by atoms with Crippen molar-refractivity contribution in [1.82, 2.24) is 0 Å². The Kier molecular flexibility index (Phi) is 7.70. The topological polar surface area (TPSA) is 0 Å². The maximum atomic E-state index is 19.3. The molecule has 0 N–H and O–H groups in total. The van der Waals surface area contributed by atoms with E-state index in [0.29, 0.717) is 0 Å². The van der Waals surface area contributed by atoms with Crippen LogP contribution in [0.15, 0.2) is 182 Å². The van der Waals surface area contributed by atoms with E-state index in [0.717, 1.165) is 31.8 Å². The summed E-state index contributed by atoms with van der Waals surface area (Å²) >= 11 is 0. The van der Waals surface area contributed by atoms with Crippen LogP contribution in [-0.2, 0) is 0 Å². The zero-order chi connectivity index (χ0) is 27.3. The summed E-state index contributed by atoms with van der Waals surface area (Å²) in [5.41, 5.74) is -1.22. The molecule has 0 aliphatic heterocycles. The second-order valence-corrected chi connectivity index (χ2v) is 17.1. The second kappa shape index (κ2) is 11.7. The van der Waals surface area contributed by atoms with Crippen LogP contribution in [0.25, 0.3) is 0 Å². The summed E-state index contributed by atoms with van der Waals surface area (Å²) in [5, 5.41) is 6.29. The van der Waals surface area contributed by atoms with Crippen LogP contribution in [0.1, 0.15) is 0 Å². The minimum atomic E-state index is -2.88. The number of hydrogen-bond donors (Lipinski definition) is 0. The van der Waals surface area contributed by atoms with Crippen LogP contribution < -0.4 is 31.8 Å². The summed E-state index contributed by atoms with van der Waals surface area (Å²) in [6.07, 6.45) is 0. The van der Waals surface area contributed by atoms with Gasteiger partial charge in [0.1, 0.15) is 31.8 Å². The molecule has 0 aliphatic rings. The Morgan fingerprint density at radius 3 is 0.575 bits per heavy atom. The van der Waals surface area contributed by atoms with Gasteiger partial charge in [0.2, 0.25) is 0 Å². The lowest BCUT2D eigenvalue weighted by molar-refractivity contribution is 0.554. The molecule has 0 saturated heterocycles. The average molecular weight is 557 g/mol. The fourth-order valence-electron chi connectivity index (χ4n) is 5.87. The van der Waals surface area contributed by atoms with Gasteiger partial charge in [0.05, 0.1) is 0 Å². The molecule has 0 nitrogen and oxygen atoms in total. The lowest BCUT2D eigenvalue weighted by atomic mass is 10.4. The normalized spacial score (nSPS) is 11.8. The molecule has 0 aromatic heterocycles. The minimum Gasteiger partial charge on any atom is -0.164 e. The van der Waals surface area contributed by atoms with E-state index in [9.17, 15) is 0 Å². The monoisotopic (exact) mass is 556 g/mol. The van der Waals surface area contributed by atoms with Crippen molar-refractivity contribution in [2.24, 2.45) is 0 Å². The Morgan fingerprint density at radius 1 is 0.275 bits per heavy atom. The number of halogens is 1. The number of alkyl halides is 1. The maximum Gasteiger partial charge on any atom is 0.331 e. The van der Waals surface area contributed by atoms with Gasteiger partial charge in [-0.15, -0.1) is 0 Å². The van der Waals surface area contributed by atoms with Crippen LogP contribution in [0.3, 0.4) is 0 Å². The van der Waals surface area contributed by atoms with Gasteiger partial charge in [-0.25, -0.2) is 0 Å². The molecule has 6 aromatic rings. The quantitative estimate of drug-likeness (QED) is 0.174. The highest BCUT2D eigenvalue weighted by atomic mass is 31.2. The predicted molar refractivity (Wildman–Crippen MR) is 175 cm³/mol. The first-order valence-corrected chi connectivity index (χ1v) is 17.3. The first-order chi connectivity index (χ1) is 19.8. The second-order valence-electron chi connectivity index (χ2n) is 9.77. The third kappa shape index (κ3) is 4.41. The van der Waals surface area contributed by atoms with E-state index in [1.165, 1.54) is 0 Å². The van der Waals surface area contributed by atoms with E-state index >= 15 is 4.39 Å². The molecule has 0 spiro atoms. The smallest absolute Gasteiger partial charge is 0.164 e. The summed E-state index contributed by atoms with van der Waals surface area (Å²) in [5.74, 6) is 0. The van der Waals surface area contributed by atoms with Gasteiger partial charge in [0.15, 0.2) is 14.5 Å². The minimum absolute atomic E-state index is 1.05. The number of benzene rings is 6. The van der Waals surface area contributed by atoms with Crippen molar-refractivity contribution in [2.75, 3.05) is 0 Å². The molecule has 0 amide bonds. The average Bonchev–Trinajstić information content (AvgIpc) is 3.05. The van der Waals surface area contributed by atoms with E-state index in [1.807, 2.05) is 36.4 Å². The molecule has 0 aliphatic carbocycles. The van der Waals surface area contributed by atoms with Crippen LogP contribution in [0.2, 0.25) is 0 Å². The van der Waals surface area contributed by atoms with E-state index in [2.05, 4.69) is 146 Å². The Balaban J connectivity index is 1.81. The van der Waals surface area contributed by atoms with Gasteiger partial charge in [0, 0.05) is 0 Å². The predicted octanol–water partition coefficient (Wildman–Crippen LogP) is 7.23. The first-order valence-electron chi connectivity index (χ1n) is 13.5. The molecule has 40 heavy (non-hydrogen) atoms. The standard InChI is InChI=1S/C37H31FP2/c38-37(39(31-19-7-1-8-20-31,32-21-9-2-10-22-32)33-23-11-3-12-24-33)40(34-25-13-4-14-26-34,35-27-15-5-16-28-35)36-29-17-6-18-30-36/h1-30,37H/q+2. The van der Waals surface area contributed by atoms with E-state index < -0.39 is 20.2 Å². The maximum absolute atomic E-state index is 19.3. The van der Waals surface area contributed by atoms with Crippen molar-refractivity contribution in [2.45, 2.75) is 5.65 Å². The zero-order valence-electron chi connectivity index (χ0n) is 22.2. The van der Waals surface area contributed by atoms with Crippen molar-refractivity contribution in [3.05, 3.63) is 182 Å². The Morgan fingerprint density at radius 2 is 0.425 bits per heavy atom. The van der Waals surface area contributed by atoms with Crippen molar-refractivity contribution in [1.29, 1.82) is 0 Å². The SMILES string of the molecule is FC([P+](c1ccccc1)(c1ccccc1)c1ccccc1)[P+](c1ccccc1)(c1ccccc1)c1ccccc1. The Hall–Kier alpha value is -3.89. The summed E-state index contributed by atoms with van der Waals surface area (Å²) in [6, 6.07) is 62.4. The molecule has 0 atom stereocenters. The Bertz CT molecular complexity index is 1310. The highest BCUT2D eigenvalue weighted by Gasteiger charge is 2.69. The third-order valence-electron chi connectivity index (χ3n) is 7.62. The molecule has 0 unspecified atom stereocenters. The molecule has 6 aromatic carbocycles. The summed E-state index contributed by atoms with van der Waals surface area (Å²) < 4.78 is 19.3. The van der Waals surface area contributed by atoms with Gasteiger partial charge >= 0.3 is 5.65 Å². The molecule has 6 rings (SSSR count). The first kappa shape index (κ1) is 26.3. The molecule has 0 fully saturated rings. The lowest BCUT2D eigenvalue weighted by Crippen LogP contribution is -2.45. The molecule has 3 heteroatoms. The zero-order valence-corrected chi connectivity index (χ0v) is 24.0. The molecule has 0 heterocycles. The van der Waals surface area contributed by atoms with Crippen molar-refractivity contribution >= 4 is 46.4 Å². The van der Waals surface area contributed by atoms with E-state index in [-0.39, 0.29) is 0 Å². The van der Waals surface area contributed by atoms with Crippen LogP contribution in [0, 0.1) is 0 Å². The van der Waals surface area contributed by atoms with Crippen molar-refractivity contribution in [3.63, 3.8) is 0 Å². The van der Waals surface area contributed by atoms with Crippen molar-refractivity contribution < 1.29 is 4.39 Å².